The molecular weight excluding hydrogens is 342 g/mol. The molecule has 0 aromatic heterocycles. The molecule has 7 heteroatoms. The number of hydrogen-bond acceptors (Lipinski definition) is 4. The number of nitrogens with one attached hydrogen (secondary N) is 1. The van der Waals surface area contributed by atoms with E-state index >= 15 is 0 Å². The van der Waals surface area contributed by atoms with Crippen LogP contribution in [-0.4, -0.2) is 44.5 Å². The molecule has 1 amide bonds. The maximum absolute atomic E-state index is 10.6. The van der Waals surface area contributed by atoms with Gasteiger partial charge in [0.05, 0.1) is 7.11 Å². The van der Waals surface area contributed by atoms with Crippen LogP contribution in [0.2, 0.25) is 0 Å². The number of anilines is 3. The molecule has 0 saturated carbocycles. The second-order valence-electron chi connectivity index (χ2n) is 5.65. The SMILES string of the molecule is COc1ccc(N2CCN(c3ccc(NC(=O)O)cc3)CC2)cc1.Cl. The van der Waals surface area contributed by atoms with Gasteiger partial charge in [0.2, 0.25) is 0 Å². The first kappa shape index (κ1) is 18.7. The summed E-state index contributed by atoms with van der Waals surface area (Å²) in [5, 5.41) is 11.1. The molecular formula is C18H22ClN3O3. The lowest BCUT2D eigenvalue weighted by Crippen LogP contribution is -2.46. The van der Waals surface area contributed by atoms with Crippen molar-refractivity contribution in [3.05, 3.63) is 48.5 Å². The van der Waals surface area contributed by atoms with E-state index in [2.05, 4.69) is 27.2 Å². The fourth-order valence-electron chi connectivity index (χ4n) is 2.89. The Labute approximate surface area is 153 Å². The number of benzene rings is 2. The minimum atomic E-state index is -1.05. The van der Waals surface area contributed by atoms with Gasteiger partial charge in [0, 0.05) is 43.2 Å². The Morgan fingerprint density at radius 2 is 1.36 bits per heavy atom. The van der Waals surface area contributed by atoms with Crippen molar-refractivity contribution in [2.24, 2.45) is 0 Å². The summed E-state index contributed by atoms with van der Waals surface area (Å²) < 4.78 is 5.20. The Balaban J connectivity index is 0.00000225. The Morgan fingerprint density at radius 1 is 0.920 bits per heavy atom. The minimum Gasteiger partial charge on any atom is -0.497 e. The van der Waals surface area contributed by atoms with Crippen LogP contribution in [0.15, 0.2) is 48.5 Å². The van der Waals surface area contributed by atoms with Crippen molar-refractivity contribution in [3.63, 3.8) is 0 Å². The van der Waals surface area contributed by atoms with Gasteiger partial charge in [0.25, 0.3) is 0 Å². The average molecular weight is 364 g/mol. The van der Waals surface area contributed by atoms with Crippen LogP contribution in [0, 0.1) is 0 Å². The summed E-state index contributed by atoms with van der Waals surface area (Å²) in [6.45, 7) is 3.75. The van der Waals surface area contributed by atoms with E-state index in [1.54, 1.807) is 19.2 Å². The summed E-state index contributed by atoms with van der Waals surface area (Å²) in [7, 11) is 1.67. The van der Waals surface area contributed by atoms with Gasteiger partial charge in [0.15, 0.2) is 0 Å². The number of methoxy groups -OCH3 is 1. The van der Waals surface area contributed by atoms with Crippen molar-refractivity contribution < 1.29 is 14.6 Å². The van der Waals surface area contributed by atoms with Crippen molar-refractivity contribution >= 4 is 35.6 Å². The standard InChI is InChI=1S/C18H21N3O3.ClH/c1-24-17-8-6-16(7-9-17)21-12-10-20(11-13-21)15-4-2-14(3-5-15)19-18(22)23;/h2-9,19H,10-13H2,1H3,(H,22,23);1H. The molecule has 0 radical (unpaired) electrons. The van der Waals surface area contributed by atoms with Crippen LogP contribution in [0.3, 0.4) is 0 Å². The zero-order valence-electron chi connectivity index (χ0n) is 14.0. The zero-order chi connectivity index (χ0) is 16.9. The number of nitrogens with zero attached hydrogens (tertiary/aromatic N) is 2. The highest BCUT2D eigenvalue weighted by Gasteiger charge is 2.17. The van der Waals surface area contributed by atoms with Crippen molar-refractivity contribution in [1.29, 1.82) is 0 Å². The topological polar surface area (TPSA) is 65.0 Å². The fourth-order valence-corrected chi connectivity index (χ4v) is 2.89. The predicted molar refractivity (Wildman–Crippen MR) is 103 cm³/mol. The molecule has 1 heterocycles. The number of carboxylic acid groups (broad SMARTS) is 1. The Bertz CT molecular complexity index is 684. The molecule has 2 N–H and O–H groups in total. The molecule has 134 valence electrons. The van der Waals surface area contributed by atoms with Gasteiger partial charge in [-0.3, -0.25) is 5.32 Å². The lowest BCUT2D eigenvalue weighted by atomic mass is 10.2. The van der Waals surface area contributed by atoms with E-state index in [-0.39, 0.29) is 12.4 Å². The number of piperazine rings is 1. The minimum absolute atomic E-state index is 0. The molecule has 2 aromatic carbocycles. The molecule has 3 rings (SSSR count). The highest BCUT2D eigenvalue weighted by atomic mass is 35.5. The summed E-state index contributed by atoms with van der Waals surface area (Å²) in [5.74, 6) is 0.868. The summed E-state index contributed by atoms with van der Waals surface area (Å²) in [6.07, 6.45) is -1.05. The van der Waals surface area contributed by atoms with Crippen LogP contribution in [0.1, 0.15) is 0 Å². The van der Waals surface area contributed by atoms with Gasteiger partial charge in [-0.1, -0.05) is 0 Å². The van der Waals surface area contributed by atoms with E-state index in [9.17, 15) is 4.79 Å². The third-order valence-electron chi connectivity index (χ3n) is 4.20. The zero-order valence-corrected chi connectivity index (χ0v) is 14.8. The Hall–Kier alpha value is -2.60. The number of amides is 1. The van der Waals surface area contributed by atoms with Crippen molar-refractivity contribution in [2.45, 2.75) is 0 Å². The third kappa shape index (κ3) is 4.70. The molecule has 0 spiro atoms. The summed E-state index contributed by atoms with van der Waals surface area (Å²) in [5.41, 5.74) is 2.90. The molecule has 0 unspecified atom stereocenters. The number of carbonyl (C=O) groups is 1. The van der Waals surface area contributed by atoms with Crippen LogP contribution in [0.25, 0.3) is 0 Å². The summed E-state index contributed by atoms with van der Waals surface area (Å²) in [4.78, 5) is 15.3. The monoisotopic (exact) mass is 363 g/mol. The predicted octanol–water partition coefficient (Wildman–Crippen LogP) is 3.53. The molecule has 1 fully saturated rings. The molecule has 0 aliphatic carbocycles. The van der Waals surface area contributed by atoms with Gasteiger partial charge in [-0.15, -0.1) is 12.4 Å². The molecule has 0 atom stereocenters. The lowest BCUT2D eigenvalue weighted by Gasteiger charge is -2.37. The summed E-state index contributed by atoms with van der Waals surface area (Å²) in [6, 6.07) is 15.6. The van der Waals surface area contributed by atoms with Crippen LogP contribution in [-0.2, 0) is 0 Å². The quantitative estimate of drug-likeness (QED) is 0.869. The van der Waals surface area contributed by atoms with Gasteiger partial charge < -0.3 is 19.6 Å². The molecule has 1 aliphatic rings. The highest BCUT2D eigenvalue weighted by molar-refractivity contribution is 5.85. The van der Waals surface area contributed by atoms with Gasteiger partial charge in [0.1, 0.15) is 5.75 Å². The second kappa shape index (κ2) is 8.48. The van der Waals surface area contributed by atoms with E-state index in [1.165, 1.54) is 5.69 Å². The lowest BCUT2D eigenvalue weighted by molar-refractivity contribution is 0.210. The number of hydrogen-bond donors (Lipinski definition) is 2. The van der Waals surface area contributed by atoms with Crippen LogP contribution >= 0.6 is 12.4 Å². The Kier molecular flexibility index (Phi) is 6.36. The third-order valence-corrected chi connectivity index (χ3v) is 4.20. The van der Waals surface area contributed by atoms with Gasteiger partial charge in [-0.2, -0.15) is 0 Å². The van der Waals surface area contributed by atoms with Crippen molar-refractivity contribution in [1.82, 2.24) is 0 Å². The number of ether oxygens (including phenoxy) is 1. The smallest absolute Gasteiger partial charge is 0.409 e. The fraction of sp³-hybridized carbons (Fsp3) is 0.278. The average Bonchev–Trinajstić information content (AvgIpc) is 2.62. The first-order chi connectivity index (χ1) is 11.7. The molecule has 1 aliphatic heterocycles. The number of halogens is 1. The molecule has 25 heavy (non-hydrogen) atoms. The normalized spacial score (nSPS) is 13.8. The van der Waals surface area contributed by atoms with Gasteiger partial charge in [-0.25, -0.2) is 4.79 Å². The second-order valence-corrected chi connectivity index (χ2v) is 5.65. The van der Waals surface area contributed by atoms with E-state index in [0.717, 1.165) is 37.6 Å². The van der Waals surface area contributed by atoms with E-state index in [4.69, 9.17) is 9.84 Å². The van der Waals surface area contributed by atoms with Gasteiger partial charge >= 0.3 is 6.09 Å². The van der Waals surface area contributed by atoms with Crippen LogP contribution < -0.4 is 19.9 Å². The van der Waals surface area contributed by atoms with E-state index in [0.29, 0.717) is 5.69 Å². The number of rotatable bonds is 4. The Morgan fingerprint density at radius 3 is 1.76 bits per heavy atom. The molecule has 1 saturated heterocycles. The molecule has 6 nitrogen and oxygen atoms in total. The maximum atomic E-state index is 10.6. The first-order valence-corrected chi connectivity index (χ1v) is 7.89. The highest BCUT2D eigenvalue weighted by Crippen LogP contribution is 2.23. The van der Waals surface area contributed by atoms with E-state index in [1.807, 2.05) is 24.3 Å². The van der Waals surface area contributed by atoms with Gasteiger partial charge in [-0.05, 0) is 48.5 Å². The van der Waals surface area contributed by atoms with Crippen LogP contribution in [0.5, 0.6) is 5.75 Å². The van der Waals surface area contributed by atoms with Crippen LogP contribution in [0.4, 0.5) is 21.9 Å². The van der Waals surface area contributed by atoms with Crippen molar-refractivity contribution in [3.8, 4) is 5.75 Å². The first-order valence-electron chi connectivity index (χ1n) is 7.89. The van der Waals surface area contributed by atoms with Crippen molar-refractivity contribution in [2.75, 3.05) is 48.4 Å². The largest absolute Gasteiger partial charge is 0.497 e. The molecule has 0 bridgehead atoms. The maximum Gasteiger partial charge on any atom is 0.409 e. The molecule has 2 aromatic rings. The summed E-state index contributed by atoms with van der Waals surface area (Å²) >= 11 is 0. The van der Waals surface area contributed by atoms with E-state index < -0.39 is 6.09 Å².